The first-order valence-electron chi connectivity index (χ1n) is 14.7. The lowest BCUT2D eigenvalue weighted by molar-refractivity contribution is -0.384. The molecule has 2 heterocycles. The number of nitrogens with zero attached hydrogens (tertiary/aromatic N) is 3. The summed E-state index contributed by atoms with van der Waals surface area (Å²) in [6, 6.07) is 11.8. The van der Waals surface area contributed by atoms with Gasteiger partial charge >= 0.3 is 0 Å². The summed E-state index contributed by atoms with van der Waals surface area (Å²) in [5.41, 5.74) is 3.94. The summed E-state index contributed by atoms with van der Waals surface area (Å²) in [7, 11) is 1.67. The second kappa shape index (κ2) is 16.8. The number of para-hydroxylation sites is 1. The first-order valence-corrected chi connectivity index (χ1v) is 14.7. The molecular weight excluding hydrogens is 509 g/mol. The molecule has 1 aliphatic rings. The quantitative estimate of drug-likeness (QED) is 0.145. The number of fused-ring (bicyclic) bond motifs is 1. The molecule has 8 heteroatoms. The summed E-state index contributed by atoms with van der Waals surface area (Å²) < 4.78 is 22.3. The lowest BCUT2D eigenvalue weighted by Gasteiger charge is -2.34. The van der Waals surface area contributed by atoms with E-state index in [1.54, 1.807) is 25.3 Å². The number of nitro groups is 1. The Balaban J connectivity index is 0.00000134. The maximum absolute atomic E-state index is 14.9. The van der Waals surface area contributed by atoms with E-state index in [2.05, 4.69) is 11.5 Å². The van der Waals surface area contributed by atoms with Crippen LogP contribution in [0.5, 0.6) is 0 Å². The number of ether oxygens (including phenoxy) is 1. The first-order chi connectivity index (χ1) is 19.4. The molecule has 0 N–H and O–H groups in total. The van der Waals surface area contributed by atoms with Gasteiger partial charge in [0.15, 0.2) is 0 Å². The predicted octanol–water partition coefficient (Wildman–Crippen LogP) is 7.81. The summed E-state index contributed by atoms with van der Waals surface area (Å²) in [5.74, 6) is 0.0773. The van der Waals surface area contributed by atoms with Gasteiger partial charge in [-0.15, -0.1) is 0 Å². The zero-order valence-corrected chi connectivity index (χ0v) is 25.0. The Kier molecular flexibility index (Phi) is 13.8. The monoisotopic (exact) mass is 555 g/mol. The third-order valence-corrected chi connectivity index (χ3v) is 7.23. The maximum Gasteiger partial charge on any atom is 0.269 e. The molecule has 7 nitrogen and oxygen atoms in total. The van der Waals surface area contributed by atoms with Crippen LogP contribution < -0.4 is 0 Å². The number of hydrogen-bond donors (Lipinski definition) is 0. The normalized spacial score (nSPS) is 14.7. The average molecular weight is 556 g/mol. The maximum atomic E-state index is 14.9. The van der Waals surface area contributed by atoms with E-state index < -0.39 is 4.92 Å². The van der Waals surface area contributed by atoms with Crippen molar-refractivity contribution in [1.29, 1.82) is 0 Å². The second-order valence-electron chi connectivity index (χ2n) is 9.60. The van der Waals surface area contributed by atoms with E-state index in [0.29, 0.717) is 44.5 Å². The number of rotatable bonds is 10. The Morgan fingerprint density at radius 1 is 1.10 bits per heavy atom. The lowest BCUT2D eigenvalue weighted by Crippen LogP contribution is -2.39. The molecule has 1 atom stereocenters. The number of aromatic nitrogens is 1. The number of piperidine rings is 1. The van der Waals surface area contributed by atoms with Crippen molar-refractivity contribution in [3.05, 3.63) is 75.2 Å². The summed E-state index contributed by atoms with van der Waals surface area (Å²) in [6.07, 6.45) is 4.51. The molecule has 0 bridgehead atoms. The zero-order valence-electron chi connectivity index (χ0n) is 25.0. The summed E-state index contributed by atoms with van der Waals surface area (Å²) >= 11 is 0. The topological polar surface area (TPSA) is 77.6 Å². The molecule has 1 saturated heterocycles. The molecule has 2 aromatic carbocycles. The standard InChI is InChI=1S/C28H34FN3O4.2C2H6/c1-20-24-9-4-10-25(29)28(24)31(17-6-18-36-2)27(20)22-8-5-16-30(19-22)26(33)11-3-7-21-12-14-23(15-13-21)32(34)35;2*1-2/h4,9-10,12-15,22H,3,5-8,11,16-19H2,1-2H3;2*1-2H3. The number of benzene rings is 2. The van der Waals surface area contributed by atoms with Crippen molar-refractivity contribution in [2.24, 2.45) is 0 Å². The summed E-state index contributed by atoms with van der Waals surface area (Å²) in [6.45, 7) is 12.7. The summed E-state index contributed by atoms with van der Waals surface area (Å²) in [4.78, 5) is 25.4. The van der Waals surface area contributed by atoms with Crippen molar-refractivity contribution in [3.8, 4) is 0 Å². The SMILES string of the molecule is CC.CC.COCCCn1c(C2CCCN(C(=O)CCCc3ccc([N+](=O)[O-])cc3)C2)c(C)c2cccc(F)c21. The lowest BCUT2D eigenvalue weighted by atomic mass is 9.91. The first kappa shape index (κ1) is 32.9. The van der Waals surface area contributed by atoms with Crippen LogP contribution in [0.1, 0.15) is 82.5 Å². The number of hydrogen-bond acceptors (Lipinski definition) is 4. The highest BCUT2D eigenvalue weighted by atomic mass is 19.1. The van der Waals surface area contributed by atoms with E-state index in [1.165, 1.54) is 18.2 Å². The van der Waals surface area contributed by atoms with E-state index >= 15 is 0 Å². The van der Waals surface area contributed by atoms with Crippen LogP contribution in [0.15, 0.2) is 42.5 Å². The van der Waals surface area contributed by atoms with Crippen molar-refractivity contribution in [3.63, 3.8) is 0 Å². The number of non-ortho nitro benzene ring substituents is 1. The van der Waals surface area contributed by atoms with Crippen LogP contribution in [0, 0.1) is 22.9 Å². The zero-order chi connectivity index (χ0) is 29.7. The van der Waals surface area contributed by atoms with Crippen LogP contribution >= 0.6 is 0 Å². The van der Waals surface area contributed by atoms with Gasteiger partial charge in [0.05, 0.1) is 10.4 Å². The van der Waals surface area contributed by atoms with E-state index in [4.69, 9.17) is 4.74 Å². The van der Waals surface area contributed by atoms with Gasteiger partial charge in [-0.05, 0) is 56.2 Å². The Hall–Kier alpha value is -3.26. The van der Waals surface area contributed by atoms with Crippen LogP contribution in [0.2, 0.25) is 0 Å². The highest BCUT2D eigenvalue weighted by molar-refractivity contribution is 5.86. The van der Waals surface area contributed by atoms with Gasteiger partial charge in [-0.25, -0.2) is 4.39 Å². The van der Waals surface area contributed by atoms with Gasteiger partial charge in [0.25, 0.3) is 5.69 Å². The molecule has 0 saturated carbocycles. The number of methoxy groups -OCH3 is 1. The molecule has 4 rings (SSSR count). The van der Waals surface area contributed by atoms with Crippen molar-refractivity contribution in [2.45, 2.75) is 85.6 Å². The van der Waals surface area contributed by atoms with Crippen molar-refractivity contribution in [1.82, 2.24) is 9.47 Å². The smallest absolute Gasteiger partial charge is 0.269 e. The van der Waals surface area contributed by atoms with Crippen molar-refractivity contribution in [2.75, 3.05) is 26.8 Å². The molecule has 220 valence electrons. The van der Waals surface area contributed by atoms with Gasteiger partial charge in [-0.3, -0.25) is 14.9 Å². The molecule has 1 unspecified atom stereocenters. The fourth-order valence-electron chi connectivity index (χ4n) is 5.49. The van der Waals surface area contributed by atoms with Crippen LogP contribution in [0.25, 0.3) is 10.9 Å². The predicted molar refractivity (Wildman–Crippen MR) is 160 cm³/mol. The van der Waals surface area contributed by atoms with Gasteiger partial charge in [0.2, 0.25) is 5.91 Å². The van der Waals surface area contributed by atoms with Crippen molar-refractivity contribution < 1.29 is 18.8 Å². The van der Waals surface area contributed by atoms with Crippen LogP contribution in [-0.2, 0) is 22.5 Å². The fraction of sp³-hybridized carbons (Fsp3) is 0.531. The molecule has 1 aromatic heterocycles. The van der Waals surface area contributed by atoms with E-state index in [1.807, 2.05) is 38.7 Å². The number of aryl methyl sites for hydroxylation is 3. The minimum absolute atomic E-state index is 0.0731. The molecular formula is C32H46FN3O4. The van der Waals surface area contributed by atoms with E-state index in [-0.39, 0.29) is 23.3 Å². The highest BCUT2D eigenvalue weighted by Gasteiger charge is 2.29. The minimum Gasteiger partial charge on any atom is -0.385 e. The van der Waals surface area contributed by atoms with Gasteiger partial charge in [0, 0.05) is 68.9 Å². The Labute approximate surface area is 238 Å². The number of amides is 1. The summed E-state index contributed by atoms with van der Waals surface area (Å²) in [5, 5.41) is 11.8. The number of halogens is 1. The number of carbonyl (C=O) groups excluding carboxylic acids is 1. The minimum atomic E-state index is -0.410. The van der Waals surface area contributed by atoms with Gasteiger partial charge in [-0.2, -0.15) is 0 Å². The molecule has 0 aliphatic carbocycles. The number of carbonyl (C=O) groups is 1. The van der Waals surface area contributed by atoms with E-state index in [0.717, 1.165) is 48.0 Å². The molecule has 0 radical (unpaired) electrons. The number of nitro benzene ring substituents is 1. The average Bonchev–Trinajstić information content (AvgIpc) is 3.27. The van der Waals surface area contributed by atoms with Crippen molar-refractivity contribution >= 4 is 22.5 Å². The Bertz CT molecular complexity index is 1220. The molecule has 1 aliphatic heterocycles. The third-order valence-electron chi connectivity index (χ3n) is 7.23. The number of likely N-dealkylation sites (tertiary alicyclic amines) is 1. The van der Waals surface area contributed by atoms with Gasteiger partial charge in [0.1, 0.15) is 5.82 Å². The Morgan fingerprint density at radius 3 is 2.45 bits per heavy atom. The van der Waals surface area contributed by atoms with Crippen LogP contribution in [0.3, 0.4) is 0 Å². The van der Waals surface area contributed by atoms with Gasteiger partial charge in [-0.1, -0.05) is 52.0 Å². The Morgan fingerprint density at radius 2 is 1.80 bits per heavy atom. The fourth-order valence-corrected chi connectivity index (χ4v) is 5.49. The third kappa shape index (κ3) is 8.13. The molecule has 0 spiro atoms. The molecule has 40 heavy (non-hydrogen) atoms. The van der Waals surface area contributed by atoms with Crippen LogP contribution in [-0.4, -0.2) is 47.1 Å². The van der Waals surface area contributed by atoms with Gasteiger partial charge < -0.3 is 14.2 Å². The second-order valence-corrected chi connectivity index (χ2v) is 9.60. The van der Waals surface area contributed by atoms with E-state index in [9.17, 15) is 19.3 Å². The molecule has 1 amide bonds. The van der Waals surface area contributed by atoms with Crippen LogP contribution in [0.4, 0.5) is 10.1 Å². The molecule has 1 fully saturated rings. The highest BCUT2D eigenvalue weighted by Crippen LogP contribution is 2.36. The largest absolute Gasteiger partial charge is 0.385 e. The molecule has 3 aromatic rings.